The number of carbonyl (C=O) groups is 2. The van der Waals surface area contributed by atoms with E-state index in [2.05, 4.69) is 22.1 Å². The van der Waals surface area contributed by atoms with Gasteiger partial charge in [0.15, 0.2) is 11.9 Å². The van der Waals surface area contributed by atoms with E-state index in [-0.39, 0.29) is 5.70 Å². The molecule has 0 aliphatic carbocycles. The quantitative estimate of drug-likeness (QED) is 0.328. The molecule has 1 aromatic heterocycles. The topological polar surface area (TPSA) is 116 Å². The van der Waals surface area contributed by atoms with Crippen LogP contribution in [0.1, 0.15) is 23.1 Å². The van der Waals surface area contributed by atoms with E-state index in [4.69, 9.17) is 10.5 Å². The molecule has 172 valence electrons. The summed E-state index contributed by atoms with van der Waals surface area (Å²) in [7, 11) is 1.67. The fraction of sp³-hybridized carbons (Fsp3) is 0.208. The number of amides is 1. The van der Waals surface area contributed by atoms with Crippen LogP contribution in [-0.2, 0) is 21.4 Å². The van der Waals surface area contributed by atoms with E-state index in [1.807, 2.05) is 60.7 Å². The number of ether oxygens (including phenoxy) is 1. The van der Waals surface area contributed by atoms with Gasteiger partial charge in [-0.25, -0.2) is 9.48 Å². The van der Waals surface area contributed by atoms with Crippen LogP contribution in [-0.4, -0.2) is 53.6 Å². The number of carbonyl (C=O) groups excluding carboxylic acids is 2. The molecular formula is C24H22N6O3S. The minimum Gasteiger partial charge on any atom is -0.448 e. The zero-order valence-corrected chi connectivity index (χ0v) is 19.2. The van der Waals surface area contributed by atoms with E-state index < -0.39 is 28.9 Å². The Morgan fingerprint density at radius 2 is 1.82 bits per heavy atom. The number of nitrogens with zero attached hydrogens (tertiary/aromatic N) is 5. The first-order valence-corrected chi connectivity index (χ1v) is 11.6. The molecule has 0 spiro atoms. The summed E-state index contributed by atoms with van der Waals surface area (Å²) in [6.45, 7) is 3.72. The Labute approximate surface area is 200 Å². The number of tetrazole rings is 1. The maximum absolute atomic E-state index is 13.8. The number of rotatable bonds is 6. The third-order valence-electron chi connectivity index (χ3n) is 6.00. The minimum atomic E-state index is -1.25. The van der Waals surface area contributed by atoms with Crippen molar-refractivity contribution < 1.29 is 14.3 Å². The molecular weight excluding hydrogens is 452 g/mol. The Kier molecular flexibility index (Phi) is 5.54. The summed E-state index contributed by atoms with van der Waals surface area (Å²) in [5.74, 6) is -0.313. The van der Waals surface area contributed by atoms with E-state index in [0.29, 0.717) is 17.2 Å². The summed E-state index contributed by atoms with van der Waals surface area (Å²) in [6.07, 6.45) is 0.755. The third-order valence-corrected chi connectivity index (χ3v) is 7.37. The molecule has 3 aromatic rings. The highest BCUT2D eigenvalue weighted by molar-refractivity contribution is 8.00. The Bertz CT molecular complexity index is 1250. The van der Waals surface area contributed by atoms with Crippen molar-refractivity contribution in [2.45, 2.75) is 17.0 Å². The lowest BCUT2D eigenvalue weighted by Crippen LogP contribution is -2.77. The van der Waals surface area contributed by atoms with Crippen LogP contribution in [0.25, 0.3) is 5.57 Å². The van der Waals surface area contributed by atoms with Crippen molar-refractivity contribution in [3.8, 4) is 0 Å². The number of aromatic nitrogens is 4. The standard InChI is InChI=1S/C24H22N6O3S/c1-3-24(25)22(32)30-18(17(14-34-23(24)30)20-26-27-28-29(20)2)21(31)33-19(15-10-6-4-7-11-15)16-12-8-5-9-13-16/h3-13,19,23H,1,14,25H2,2H3/t23-,24?/m0/s1. The highest BCUT2D eigenvalue weighted by Crippen LogP contribution is 2.47. The summed E-state index contributed by atoms with van der Waals surface area (Å²) >= 11 is 1.43. The largest absolute Gasteiger partial charge is 0.448 e. The number of nitrogens with two attached hydrogens (primary N) is 1. The Morgan fingerprint density at radius 1 is 1.21 bits per heavy atom. The maximum atomic E-state index is 13.8. The predicted molar refractivity (Wildman–Crippen MR) is 127 cm³/mol. The molecule has 1 saturated heterocycles. The van der Waals surface area contributed by atoms with Gasteiger partial charge >= 0.3 is 5.97 Å². The Morgan fingerprint density at radius 3 is 2.35 bits per heavy atom. The van der Waals surface area contributed by atoms with E-state index in [1.54, 1.807) is 7.05 Å². The Balaban J connectivity index is 1.59. The molecule has 0 radical (unpaired) electrons. The second-order valence-corrected chi connectivity index (χ2v) is 9.10. The van der Waals surface area contributed by atoms with Gasteiger partial charge in [0.05, 0.1) is 0 Å². The van der Waals surface area contributed by atoms with Crippen molar-refractivity contribution in [2.24, 2.45) is 12.8 Å². The molecule has 2 aliphatic rings. The summed E-state index contributed by atoms with van der Waals surface area (Å²) in [6, 6.07) is 18.9. The molecule has 2 atom stereocenters. The minimum absolute atomic E-state index is 0.103. The van der Waals surface area contributed by atoms with Crippen LogP contribution in [0.5, 0.6) is 0 Å². The summed E-state index contributed by atoms with van der Waals surface area (Å²) in [4.78, 5) is 28.3. The van der Waals surface area contributed by atoms with Crippen LogP contribution >= 0.6 is 11.8 Å². The van der Waals surface area contributed by atoms with Gasteiger partial charge in [-0.1, -0.05) is 66.7 Å². The average molecular weight is 475 g/mol. The molecule has 1 fully saturated rings. The molecule has 1 amide bonds. The van der Waals surface area contributed by atoms with Crippen molar-refractivity contribution in [3.05, 3.63) is 96.0 Å². The fourth-order valence-electron chi connectivity index (χ4n) is 4.19. The van der Waals surface area contributed by atoms with Crippen LogP contribution in [0.2, 0.25) is 0 Å². The number of hydrogen-bond donors (Lipinski definition) is 1. The number of esters is 1. The number of benzene rings is 2. The van der Waals surface area contributed by atoms with Crippen LogP contribution in [0.4, 0.5) is 0 Å². The number of aryl methyl sites for hydroxylation is 1. The number of β-lactam (4-membered cyclic amide) rings is 1. The first-order chi connectivity index (χ1) is 16.5. The zero-order chi connectivity index (χ0) is 23.9. The summed E-state index contributed by atoms with van der Waals surface area (Å²) < 4.78 is 7.55. The smallest absolute Gasteiger partial charge is 0.356 e. The van der Waals surface area contributed by atoms with Crippen molar-refractivity contribution in [2.75, 3.05) is 5.75 Å². The van der Waals surface area contributed by atoms with Crippen molar-refractivity contribution in [1.82, 2.24) is 25.1 Å². The molecule has 34 heavy (non-hydrogen) atoms. The van der Waals surface area contributed by atoms with Crippen molar-refractivity contribution in [1.29, 1.82) is 0 Å². The van der Waals surface area contributed by atoms with Gasteiger partial charge in [-0.05, 0) is 21.6 Å². The highest BCUT2D eigenvalue weighted by atomic mass is 32.2. The first kappa shape index (κ1) is 22.1. The second-order valence-electron chi connectivity index (χ2n) is 8.04. The van der Waals surface area contributed by atoms with Crippen LogP contribution < -0.4 is 5.73 Å². The molecule has 9 nitrogen and oxygen atoms in total. The predicted octanol–water partition coefficient (Wildman–Crippen LogP) is 2.05. The van der Waals surface area contributed by atoms with Crippen LogP contribution in [0.15, 0.2) is 79.0 Å². The van der Waals surface area contributed by atoms with Gasteiger partial charge in [0.1, 0.15) is 16.6 Å². The van der Waals surface area contributed by atoms with Gasteiger partial charge in [0.25, 0.3) is 5.91 Å². The van der Waals surface area contributed by atoms with Crippen molar-refractivity contribution in [3.63, 3.8) is 0 Å². The van der Waals surface area contributed by atoms with Gasteiger partial charge < -0.3 is 10.5 Å². The third kappa shape index (κ3) is 3.42. The molecule has 3 heterocycles. The van der Waals surface area contributed by atoms with Crippen molar-refractivity contribution >= 4 is 29.2 Å². The van der Waals surface area contributed by atoms with Gasteiger partial charge in [0, 0.05) is 18.4 Å². The van der Waals surface area contributed by atoms with E-state index in [9.17, 15) is 9.59 Å². The SMILES string of the molecule is C=CC1(N)C(=O)N2C(C(=O)OC(c3ccccc3)c3ccccc3)=C(c3nnnn3C)CS[C@H]21. The van der Waals surface area contributed by atoms with Gasteiger partial charge in [-0.2, -0.15) is 0 Å². The second kappa shape index (κ2) is 8.54. The number of fused-ring (bicyclic) bond motifs is 1. The van der Waals surface area contributed by atoms with Gasteiger partial charge in [-0.15, -0.1) is 23.4 Å². The first-order valence-electron chi connectivity index (χ1n) is 10.6. The lowest BCUT2D eigenvalue weighted by molar-refractivity contribution is -0.155. The molecule has 2 aromatic carbocycles. The Hall–Kier alpha value is -3.76. The molecule has 0 bridgehead atoms. The molecule has 0 saturated carbocycles. The van der Waals surface area contributed by atoms with Gasteiger partial charge in [0.2, 0.25) is 0 Å². The lowest BCUT2D eigenvalue weighted by atomic mass is 9.87. The fourth-order valence-corrected chi connectivity index (χ4v) is 5.60. The van der Waals surface area contributed by atoms with Crippen LogP contribution in [0, 0.1) is 0 Å². The van der Waals surface area contributed by atoms with Crippen LogP contribution in [0.3, 0.4) is 0 Å². The molecule has 1 unspecified atom stereocenters. The lowest BCUT2D eigenvalue weighted by Gasteiger charge is -2.54. The monoisotopic (exact) mass is 474 g/mol. The number of thioether (sulfide) groups is 1. The van der Waals surface area contributed by atoms with E-state index >= 15 is 0 Å². The maximum Gasteiger partial charge on any atom is 0.356 e. The molecule has 5 rings (SSSR count). The highest BCUT2D eigenvalue weighted by Gasteiger charge is 2.61. The number of hydrogen-bond acceptors (Lipinski definition) is 8. The summed E-state index contributed by atoms with van der Waals surface area (Å²) in [5.41, 5.74) is 7.27. The molecule has 10 heteroatoms. The van der Waals surface area contributed by atoms with Gasteiger partial charge in [-0.3, -0.25) is 9.69 Å². The summed E-state index contributed by atoms with van der Waals surface area (Å²) in [5, 5.41) is 11.2. The zero-order valence-electron chi connectivity index (χ0n) is 18.4. The van der Waals surface area contributed by atoms with E-state index in [0.717, 1.165) is 11.1 Å². The molecule has 2 aliphatic heterocycles. The average Bonchev–Trinajstić information content (AvgIpc) is 3.32. The normalized spacial score (nSPS) is 21.8. The van der Waals surface area contributed by atoms with E-state index in [1.165, 1.54) is 27.4 Å². The molecule has 2 N–H and O–H groups in total.